The molecule has 0 saturated heterocycles. The van der Waals surface area contributed by atoms with Crippen molar-refractivity contribution in [3.05, 3.63) is 64.6 Å². The third-order valence-corrected chi connectivity index (χ3v) is 3.97. The Bertz CT molecular complexity index is 949. The van der Waals surface area contributed by atoms with Gasteiger partial charge in [-0.1, -0.05) is 11.6 Å². The maximum atomic E-state index is 13.3. The first-order valence-electron chi connectivity index (χ1n) is 7.16. The molecule has 0 radical (unpaired) electrons. The lowest BCUT2D eigenvalue weighted by atomic mass is 10.1. The van der Waals surface area contributed by atoms with Crippen molar-refractivity contribution in [2.45, 2.75) is 12.6 Å². The normalized spacial score (nSPS) is 11.7. The Morgan fingerprint density at radius 1 is 1.16 bits per heavy atom. The molecule has 2 N–H and O–H groups in total. The van der Waals surface area contributed by atoms with E-state index in [1.807, 2.05) is 0 Å². The fraction of sp³-hybridized carbons (Fsp3) is 0.118. The second kappa shape index (κ2) is 6.40. The summed E-state index contributed by atoms with van der Waals surface area (Å²) in [5.74, 6) is -0.970. The Kier molecular flexibility index (Phi) is 4.43. The molecule has 0 saturated carbocycles. The zero-order valence-electron chi connectivity index (χ0n) is 12.5. The van der Waals surface area contributed by atoms with E-state index in [0.717, 1.165) is 12.1 Å². The predicted octanol–water partition coefficient (Wildman–Crippen LogP) is 5.16. The average Bonchev–Trinajstić information content (AvgIpc) is 2.90. The zero-order valence-corrected chi connectivity index (χ0v) is 13.3. The third-order valence-electron chi connectivity index (χ3n) is 3.64. The molecule has 25 heavy (non-hydrogen) atoms. The lowest BCUT2D eigenvalue weighted by molar-refractivity contribution is -0.137. The van der Waals surface area contributed by atoms with E-state index in [-0.39, 0.29) is 12.1 Å². The summed E-state index contributed by atoms with van der Waals surface area (Å²) in [6, 6.07) is 7.25. The molecule has 0 spiro atoms. The number of aromatic amines is 1. The summed E-state index contributed by atoms with van der Waals surface area (Å²) < 4.78 is 51.9. The second-order valence-electron chi connectivity index (χ2n) is 5.42. The van der Waals surface area contributed by atoms with Gasteiger partial charge < -0.3 is 10.3 Å². The van der Waals surface area contributed by atoms with Crippen LogP contribution in [0.15, 0.2) is 42.6 Å². The molecule has 1 aromatic heterocycles. The van der Waals surface area contributed by atoms with Gasteiger partial charge in [0.25, 0.3) is 0 Å². The Balaban J connectivity index is 1.80. The summed E-state index contributed by atoms with van der Waals surface area (Å²) in [6.45, 7) is 0. The van der Waals surface area contributed by atoms with Crippen molar-refractivity contribution >= 4 is 34.1 Å². The molecule has 0 aliphatic rings. The number of hydrogen-bond donors (Lipinski definition) is 2. The van der Waals surface area contributed by atoms with Gasteiger partial charge in [0.2, 0.25) is 5.91 Å². The van der Waals surface area contributed by atoms with E-state index < -0.39 is 28.5 Å². The molecular weight excluding hydrogens is 360 g/mol. The van der Waals surface area contributed by atoms with Crippen molar-refractivity contribution in [2.24, 2.45) is 0 Å². The number of carbonyl (C=O) groups excluding carboxylic acids is 1. The number of alkyl halides is 3. The molecule has 1 amide bonds. The molecule has 3 nitrogen and oxygen atoms in total. The Labute approximate surface area is 144 Å². The second-order valence-corrected chi connectivity index (χ2v) is 5.83. The van der Waals surface area contributed by atoms with Crippen LogP contribution in [-0.2, 0) is 17.4 Å². The number of fused-ring (bicyclic) bond motifs is 1. The number of H-pyrrole nitrogens is 1. The summed E-state index contributed by atoms with van der Waals surface area (Å²) in [4.78, 5) is 15.0. The number of benzene rings is 2. The molecule has 130 valence electrons. The maximum absolute atomic E-state index is 13.3. The lowest BCUT2D eigenvalue weighted by Crippen LogP contribution is -2.15. The SMILES string of the molecule is O=C(Cc1c[nH]c2ccc(F)cc12)Nc1ccc(Cl)c(C(F)(F)F)c1. The molecule has 0 atom stereocenters. The predicted molar refractivity (Wildman–Crippen MR) is 87.0 cm³/mol. The first-order valence-corrected chi connectivity index (χ1v) is 7.54. The molecule has 0 bridgehead atoms. The minimum absolute atomic E-state index is 0.0206. The van der Waals surface area contributed by atoms with Crippen LogP contribution in [0.1, 0.15) is 11.1 Å². The Morgan fingerprint density at radius 3 is 2.64 bits per heavy atom. The topological polar surface area (TPSA) is 44.9 Å². The van der Waals surface area contributed by atoms with Crippen LogP contribution in [0.25, 0.3) is 10.9 Å². The average molecular weight is 371 g/mol. The minimum atomic E-state index is -4.62. The van der Waals surface area contributed by atoms with Gasteiger partial charge in [-0.3, -0.25) is 4.79 Å². The van der Waals surface area contributed by atoms with Crippen LogP contribution in [0.5, 0.6) is 0 Å². The maximum Gasteiger partial charge on any atom is 0.417 e. The number of amides is 1. The van der Waals surface area contributed by atoms with Gasteiger partial charge in [0, 0.05) is 22.8 Å². The van der Waals surface area contributed by atoms with Gasteiger partial charge >= 0.3 is 6.18 Å². The first kappa shape index (κ1) is 17.3. The number of aromatic nitrogens is 1. The van der Waals surface area contributed by atoms with Crippen LogP contribution in [-0.4, -0.2) is 10.9 Å². The Hall–Kier alpha value is -2.54. The van der Waals surface area contributed by atoms with Crippen LogP contribution in [0, 0.1) is 5.82 Å². The van der Waals surface area contributed by atoms with Crippen molar-refractivity contribution in [3.63, 3.8) is 0 Å². The number of rotatable bonds is 3. The first-order chi connectivity index (χ1) is 11.7. The van der Waals surface area contributed by atoms with Crippen LogP contribution >= 0.6 is 11.6 Å². The van der Waals surface area contributed by atoms with Crippen molar-refractivity contribution in [2.75, 3.05) is 5.32 Å². The summed E-state index contributed by atoms with van der Waals surface area (Å²) in [7, 11) is 0. The summed E-state index contributed by atoms with van der Waals surface area (Å²) >= 11 is 5.54. The molecule has 0 aliphatic carbocycles. The molecular formula is C17H11ClF4N2O. The van der Waals surface area contributed by atoms with Gasteiger partial charge in [-0.25, -0.2) is 4.39 Å². The molecule has 3 aromatic rings. The van der Waals surface area contributed by atoms with Gasteiger partial charge in [0.1, 0.15) is 5.82 Å². The van der Waals surface area contributed by atoms with E-state index in [0.29, 0.717) is 16.5 Å². The number of nitrogens with one attached hydrogen (secondary N) is 2. The standard InChI is InChI=1S/C17H11ClF4N2O/c18-14-3-2-11(7-13(14)17(20,21)22)24-16(25)5-9-8-23-15-4-1-10(19)6-12(9)15/h1-4,6-8,23H,5H2,(H,24,25). The summed E-state index contributed by atoms with van der Waals surface area (Å²) in [5, 5.41) is 2.49. The quantitative estimate of drug-likeness (QED) is 0.614. The largest absolute Gasteiger partial charge is 0.417 e. The molecule has 8 heteroatoms. The smallest absolute Gasteiger partial charge is 0.361 e. The highest BCUT2D eigenvalue weighted by Gasteiger charge is 2.33. The third kappa shape index (κ3) is 3.76. The van der Waals surface area contributed by atoms with Gasteiger partial charge in [-0.15, -0.1) is 0 Å². The van der Waals surface area contributed by atoms with Crippen molar-refractivity contribution in [3.8, 4) is 0 Å². The van der Waals surface area contributed by atoms with E-state index in [1.54, 1.807) is 12.3 Å². The van der Waals surface area contributed by atoms with E-state index in [9.17, 15) is 22.4 Å². The lowest BCUT2D eigenvalue weighted by Gasteiger charge is -2.11. The molecule has 0 fully saturated rings. The molecule has 0 unspecified atom stereocenters. The van der Waals surface area contributed by atoms with Crippen LogP contribution in [0.4, 0.5) is 23.2 Å². The zero-order chi connectivity index (χ0) is 18.2. The van der Waals surface area contributed by atoms with Gasteiger partial charge in [0.15, 0.2) is 0 Å². The number of carbonyl (C=O) groups is 1. The van der Waals surface area contributed by atoms with Crippen molar-refractivity contribution in [1.82, 2.24) is 4.98 Å². The van der Waals surface area contributed by atoms with Gasteiger partial charge in [0.05, 0.1) is 17.0 Å². The summed E-state index contributed by atoms with van der Waals surface area (Å²) in [5.41, 5.74) is 0.154. The fourth-order valence-electron chi connectivity index (χ4n) is 2.50. The van der Waals surface area contributed by atoms with Gasteiger partial charge in [-0.05, 0) is 42.0 Å². The van der Waals surface area contributed by atoms with E-state index in [4.69, 9.17) is 11.6 Å². The highest BCUT2D eigenvalue weighted by atomic mass is 35.5. The molecule has 3 rings (SSSR count). The number of hydrogen-bond acceptors (Lipinski definition) is 1. The Morgan fingerprint density at radius 2 is 1.92 bits per heavy atom. The van der Waals surface area contributed by atoms with Crippen LogP contribution in [0.2, 0.25) is 5.02 Å². The molecule has 0 aliphatic heterocycles. The van der Waals surface area contributed by atoms with Crippen molar-refractivity contribution < 1.29 is 22.4 Å². The molecule has 1 heterocycles. The van der Waals surface area contributed by atoms with Crippen LogP contribution in [0.3, 0.4) is 0 Å². The number of anilines is 1. The van der Waals surface area contributed by atoms with Crippen molar-refractivity contribution in [1.29, 1.82) is 0 Å². The monoisotopic (exact) mass is 370 g/mol. The van der Waals surface area contributed by atoms with Gasteiger partial charge in [-0.2, -0.15) is 13.2 Å². The van der Waals surface area contributed by atoms with E-state index in [2.05, 4.69) is 10.3 Å². The van der Waals surface area contributed by atoms with Crippen LogP contribution < -0.4 is 5.32 Å². The number of halogens is 5. The summed E-state index contributed by atoms with van der Waals surface area (Å²) in [6.07, 6.45) is -3.17. The fourth-order valence-corrected chi connectivity index (χ4v) is 2.72. The van der Waals surface area contributed by atoms with E-state index in [1.165, 1.54) is 18.2 Å². The van der Waals surface area contributed by atoms with E-state index >= 15 is 0 Å². The highest BCUT2D eigenvalue weighted by Crippen LogP contribution is 2.36. The highest BCUT2D eigenvalue weighted by molar-refractivity contribution is 6.31. The minimum Gasteiger partial charge on any atom is -0.361 e. The molecule has 2 aromatic carbocycles.